The fourth-order valence-electron chi connectivity index (χ4n) is 1.19. The third kappa shape index (κ3) is 3.85. The van der Waals surface area contributed by atoms with Gasteiger partial charge in [-0.2, -0.15) is 0 Å². The number of esters is 1. The summed E-state index contributed by atoms with van der Waals surface area (Å²) in [5, 5.41) is 0. The minimum absolute atomic E-state index is 0.0691. The Morgan fingerprint density at radius 2 is 2.17 bits per heavy atom. The number of benzene rings is 1. The van der Waals surface area contributed by atoms with Gasteiger partial charge in [0.15, 0.2) is 0 Å². The second-order valence-corrected chi connectivity index (χ2v) is 5.52. The molecule has 0 spiro atoms. The van der Waals surface area contributed by atoms with Crippen LogP contribution in [0.5, 0.6) is 0 Å². The van der Waals surface area contributed by atoms with E-state index >= 15 is 0 Å². The van der Waals surface area contributed by atoms with Crippen molar-refractivity contribution in [1.82, 2.24) is 0 Å². The zero-order chi connectivity index (χ0) is 13.8. The average molecular weight is 296 g/mol. The van der Waals surface area contributed by atoms with Crippen LogP contribution in [0.2, 0.25) is 0 Å². The van der Waals surface area contributed by atoms with Gasteiger partial charge in [-0.1, -0.05) is 0 Å². The van der Waals surface area contributed by atoms with Crippen LogP contribution in [0.15, 0.2) is 18.2 Å². The van der Waals surface area contributed by atoms with Crippen LogP contribution in [-0.4, -0.2) is 33.1 Å². The number of hydrogen-bond donors (Lipinski definition) is 1. The Kier molecular flexibility index (Phi) is 4.92. The molecule has 18 heavy (non-hydrogen) atoms. The molecule has 0 aliphatic carbocycles. The fraction of sp³-hybridized carbons (Fsp3) is 0.300. The van der Waals surface area contributed by atoms with Gasteiger partial charge < -0.3 is 4.74 Å². The van der Waals surface area contributed by atoms with Gasteiger partial charge in [-0.05, 0) is 18.2 Å². The summed E-state index contributed by atoms with van der Waals surface area (Å²) in [6.45, 7) is 0. The summed E-state index contributed by atoms with van der Waals surface area (Å²) in [4.78, 5) is 11.2. The van der Waals surface area contributed by atoms with E-state index in [1.54, 1.807) is 0 Å². The second-order valence-electron chi connectivity index (χ2n) is 3.30. The second kappa shape index (κ2) is 6.01. The van der Waals surface area contributed by atoms with Gasteiger partial charge >= 0.3 is 5.97 Å². The lowest BCUT2D eigenvalue weighted by Crippen LogP contribution is -2.18. The molecule has 0 fully saturated rings. The van der Waals surface area contributed by atoms with Crippen molar-refractivity contribution in [3.63, 3.8) is 0 Å². The maximum Gasteiger partial charge on any atom is 0.340 e. The van der Waals surface area contributed by atoms with Crippen molar-refractivity contribution >= 4 is 33.3 Å². The molecule has 1 aromatic carbocycles. The maximum absolute atomic E-state index is 13.3. The van der Waals surface area contributed by atoms with Crippen LogP contribution < -0.4 is 4.72 Å². The first-order valence-electron chi connectivity index (χ1n) is 4.84. The number of ether oxygens (including phenoxy) is 1. The molecule has 1 rings (SSSR count). The van der Waals surface area contributed by atoms with E-state index < -0.39 is 21.8 Å². The molecule has 0 atom stereocenters. The molecule has 0 aromatic heterocycles. The Balaban J connectivity index is 3.03. The van der Waals surface area contributed by atoms with Crippen LogP contribution in [0.1, 0.15) is 10.4 Å². The van der Waals surface area contributed by atoms with Gasteiger partial charge in [-0.25, -0.2) is 17.6 Å². The Morgan fingerprint density at radius 1 is 1.50 bits per heavy atom. The SMILES string of the molecule is COC(=O)c1cc(NS(=O)(=O)CCCl)ccc1F. The fourth-order valence-corrected chi connectivity index (χ4v) is 2.59. The van der Waals surface area contributed by atoms with Gasteiger partial charge in [0.2, 0.25) is 10.0 Å². The molecule has 0 bridgehead atoms. The van der Waals surface area contributed by atoms with Crippen LogP contribution in [0.3, 0.4) is 0 Å². The molecular weight excluding hydrogens is 285 g/mol. The zero-order valence-corrected chi connectivity index (χ0v) is 11.0. The van der Waals surface area contributed by atoms with Crippen molar-refractivity contribution in [3.8, 4) is 0 Å². The topological polar surface area (TPSA) is 72.5 Å². The number of rotatable bonds is 5. The number of methoxy groups -OCH3 is 1. The monoisotopic (exact) mass is 295 g/mol. The van der Waals surface area contributed by atoms with Gasteiger partial charge in [0.25, 0.3) is 0 Å². The van der Waals surface area contributed by atoms with Crippen molar-refractivity contribution in [2.45, 2.75) is 0 Å². The molecule has 0 saturated heterocycles. The normalized spacial score (nSPS) is 11.1. The maximum atomic E-state index is 13.3. The zero-order valence-electron chi connectivity index (χ0n) is 9.44. The van der Waals surface area contributed by atoms with Gasteiger partial charge in [0.1, 0.15) is 5.82 Å². The van der Waals surface area contributed by atoms with E-state index in [1.165, 1.54) is 6.07 Å². The molecule has 8 heteroatoms. The highest BCUT2D eigenvalue weighted by molar-refractivity contribution is 7.92. The number of anilines is 1. The number of halogens is 2. The first-order valence-corrected chi connectivity index (χ1v) is 7.02. The largest absolute Gasteiger partial charge is 0.465 e. The highest BCUT2D eigenvalue weighted by atomic mass is 35.5. The highest BCUT2D eigenvalue weighted by Gasteiger charge is 2.15. The number of carbonyl (C=O) groups is 1. The first kappa shape index (κ1) is 14.7. The lowest BCUT2D eigenvalue weighted by atomic mass is 10.2. The number of alkyl halides is 1. The number of hydrogen-bond acceptors (Lipinski definition) is 4. The van der Waals surface area contributed by atoms with E-state index in [-0.39, 0.29) is 22.9 Å². The Labute approximate surface area is 109 Å². The minimum Gasteiger partial charge on any atom is -0.465 e. The molecule has 0 aliphatic rings. The summed E-state index contributed by atoms with van der Waals surface area (Å²) in [6.07, 6.45) is 0. The molecular formula is C10H11ClFNO4S. The first-order chi connectivity index (χ1) is 8.39. The summed E-state index contributed by atoms with van der Waals surface area (Å²) in [5.74, 6) is -2.02. The lowest BCUT2D eigenvalue weighted by Gasteiger charge is -2.08. The Bertz CT molecular complexity index is 547. The molecule has 5 nitrogen and oxygen atoms in total. The van der Waals surface area contributed by atoms with Gasteiger partial charge in [0.05, 0.1) is 18.4 Å². The molecule has 0 saturated carbocycles. The van der Waals surface area contributed by atoms with Crippen LogP contribution in [0.25, 0.3) is 0 Å². The summed E-state index contributed by atoms with van der Waals surface area (Å²) < 4.78 is 42.7. The molecule has 1 aromatic rings. The predicted molar refractivity (Wildman–Crippen MR) is 65.9 cm³/mol. The van der Waals surface area contributed by atoms with E-state index in [0.717, 1.165) is 19.2 Å². The van der Waals surface area contributed by atoms with Crippen molar-refractivity contribution in [3.05, 3.63) is 29.6 Å². The third-order valence-corrected chi connectivity index (χ3v) is 3.69. The van der Waals surface area contributed by atoms with Gasteiger partial charge in [-0.15, -0.1) is 11.6 Å². The molecule has 0 amide bonds. The van der Waals surface area contributed by atoms with Crippen molar-refractivity contribution in [2.75, 3.05) is 23.5 Å². The van der Waals surface area contributed by atoms with Crippen LogP contribution in [-0.2, 0) is 14.8 Å². The summed E-state index contributed by atoms with van der Waals surface area (Å²) in [6, 6.07) is 3.24. The number of sulfonamides is 1. The summed E-state index contributed by atoms with van der Waals surface area (Å²) in [7, 11) is -2.50. The van der Waals surface area contributed by atoms with Crippen molar-refractivity contribution in [2.24, 2.45) is 0 Å². The predicted octanol–water partition coefficient (Wildman–Crippen LogP) is 1.59. The Hall–Kier alpha value is -1.34. The molecule has 0 heterocycles. The molecule has 0 unspecified atom stereocenters. The quantitative estimate of drug-likeness (QED) is 0.661. The number of carbonyl (C=O) groups excluding carboxylic acids is 1. The Morgan fingerprint density at radius 3 is 2.72 bits per heavy atom. The average Bonchev–Trinajstić information content (AvgIpc) is 2.30. The van der Waals surface area contributed by atoms with Crippen LogP contribution in [0, 0.1) is 5.82 Å². The van der Waals surface area contributed by atoms with Gasteiger partial charge in [-0.3, -0.25) is 4.72 Å². The summed E-state index contributed by atoms with van der Waals surface area (Å²) in [5.41, 5.74) is -0.273. The molecule has 0 radical (unpaired) electrons. The van der Waals surface area contributed by atoms with E-state index in [4.69, 9.17) is 11.6 Å². The number of nitrogens with one attached hydrogen (secondary N) is 1. The lowest BCUT2D eigenvalue weighted by molar-refractivity contribution is 0.0595. The molecule has 100 valence electrons. The van der Waals surface area contributed by atoms with Crippen LogP contribution in [0.4, 0.5) is 10.1 Å². The standard InChI is InChI=1S/C10H11ClFNO4S/c1-17-10(14)8-6-7(2-3-9(8)12)13-18(15,16)5-4-11/h2-3,6,13H,4-5H2,1H3. The van der Waals surface area contributed by atoms with Crippen LogP contribution >= 0.6 is 11.6 Å². The molecule has 1 N–H and O–H groups in total. The van der Waals surface area contributed by atoms with E-state index in [9.17, 15) is 17.6 Å². The van der Waals surface area contributed by atoms with E-state index in [1.807, 2.05) is 0 Å². The molecule has 0 aliphatic heterocycles. The third-order valence-electron chi connectivity index (χ3n) is 1.99. The van der Waals surface area contributed by atoms with Crippen molar-refractivity contribution < 1.29 is 22.3 Å². The summed E-state index contributed by atoms with van der Waals surface area (Å²) >= 11 is 5.33. The highest BCUT2D eigenvalue weighted by Crippen LogP contribution is 2.17. The smallest absolute Gasteiger partial charge is 0.340 e. The van der Waals surface area contributed by atoms with Crippen molar-refractivity contribution in [1.29, 1.82) is 0 Å². The minimum atomic E-state index is -3.60. The van der Waals surface area contributed by atoms with E-state index in [2.05, 4.69) is 9.46 Å². The van der Waals surface area contributed by atoms with Gasteiger partial charge in [0, 0.05) is 11.6 Å². The van der Waals surface area contributed by atoms with E-state index in [0.29, 0.717) is 0 Å².